The number of rotatable bonds is 7. The Morgan fingerprint density at radius 2 is 1.95 bits per heavy atom. The second kappa shape index (κ2) is 7.41. The Kier molecular flexibility index (Phi) is 5.85. The van der Waals surface area contributed by atoms with Gasteiger partial charge in [-0.3, -0.25) is 4.79 Å². The van der Waals surface area contributed by atoms with E-state index in [-0.39, 0.29) is 12.2 Å². The zero-order valence-electron chi connectivity index (χ0n) is 11.4. The summed E-state index contributed by atoms with van der Waals surface area (Å²) in [7, 11) is 1.43. The highest BCUT2D eigenvalue weighted by atomic mass is 16.5. The van der Waals surface area contributed by atoms with Gasteiger partial charge < -0.3 is 14.2 Å². The Hall–Kier alpha value is -2.04. The van der Waals surface area contributed by atoms with Crippen molar-refractivity contribution in [3.05, 3.63) is 23.8 Å². The summed E-state index contributed by atoms with van der Waals surface area (Å²) in [6.07, 6.45) is 0.854. The van der Waals surface area contributed by atoms with Crippen molar-refractivity contribution >= 4 is 11.8 Å². The third-order valence-electron chi connectivity index (χ3n) is 2.35. The monoisotopic (exact) mass is 266 g/mol. The first-order valence-corrected chi connectivity index (χ1v) is 6.16. The van der Waals surface area contributed by atoms with Crippen LogP contribution in [0.4, 0.5) is 0 Å². The Morgan fingerprint density at radius 3 is 2.53 bits per heavy atom. The molecule has 0 atom stereocenters. The molecular weight excluding hydrogens is 248 g/mol. The van der Waals surface area contributed by atoms with Gasteiger partial charge in [0.25, 0.3) is 5.78 Å². The molecule has 0 aliphatic rings. The van der Waals surface area contributed by atoms with Gasteiger partial charge >= 0.3 is 5.97 Å². The van der Waals surface area contributed by atoms with Gasteiger partial charge in [0, 0.05) is 0 Å². The number of ketones is 1. The van der Waals surface area contributed by atoms with Crippen LogP contribution in [0.25, 0.3) is 0 Å². The molecule has 104 valence electrons. The van der Waals surface area contributed by atoms with Crippen molar-refractivity contribution in [2.45, 2.75) is 20.3 Å². The van der Waals surface area contributed by atoms with Crippen LogP contribution in [0.1, 0.15) is 30.6 Å². The normalized spacial score (nSPS) is 9.84. The van der Waals surface area contributed by atoms with Crippen LogP contribution in [-0.4, -0.2) is 32.1 Å². The SMILES string of the molecule is CCCOc1ccc(OC)c(C(=O)C(=O)OCC)c1. The highest BCUT2D eigenvalue weighted by Crippen LogP contribution is 2.25. The Bertz CT molecular complexity index is 453. The standard InChI is InChI=1S/C14H18O5/c1-4-8-19-10-6-7-12(17-3)11(9-10)13(15)14(16)18-5-2/h6-7,9H,4-5,8H2,1-3H3. The lowest BCUT2D eigenvalue weighted by atomic mass is 10.1. The van der Waals surface area contributed by atoms with Gasteiger partial charge in [-0.15, -0.1) is 0 Å². The fourth-order valence-corrected chi connectivity index (χ4v) is 1.48. The van der Waals surface area contributed by atoms with Crippen LogP contribution < -0.4 is 9.47 Å². The maximum absolute atomic E-state index is 11.9. The van der Waals surface area contributed by atoms with E-state index in [9.17, 15) is 9.59 Å². The van der Waals surface area contributed by atoms with E-state index in [1.165, 1.54) is 13.2 Å². The highest BCUT2D eigenvalue weighted by Gasteiger charge is 2.22. The predicted octanol–water partition coefficient (Wildman–Crippen LogP) is 2.23. The molecule has 0 aliphatic carbocycles. The summed E-state index contributed by atoms with van der Waals surface area (Å²) in [4.78, 5) is 23.4. The minimum absolute atomic E-state index is 0.148. The van der Waals surface area contributed by atoms with Crippen molar-refractivity contribution in [3.63, 3.8) is 0 Å². The van der Waals surface area contributed by atoms with E-state index < -0.39 is 11.8 Å². The van der Waals surface area contributed by atoms with Crippen LogP contribution in [0, 0.1) is 0 Å². The van der Waals surface area contributed by atoms with E-state index in [0.717, 1.165) is 6.42 Å². The van der Waals surface area contributed by atoms with Crippen molar-refractivity contribution < 1.29 is 23.8 Å². The largest absolute Gasteiger partial charge is 0.496 e. The number of Topliss-reactive ketones (excluding diaryl/α,β-unsaturated/α-hetero) is 1. The van der Waals surface area contributed by atoms with Crippen molar-refractivity contribution in [2.24, 2.45) is 0 Å². The Morgan fingerprint density at radius 1 is 1.21 bits per heavy atom. The molecule has 0 unspecified atom stereocenters. The van der Waals surface area contributed by atoms with E-state index in [1.54, 1.807) is 19.1 Å². The summed E-state index contributed by atoms with van der Waals surface area (Å²) in [5.41, 5.74) is 0.148. The number of carbonyl (C=O) groups is 2. The fourth-order valence-electron chi connectivity index (χ4n) is 1.48. The number of hydrogen-bond donors (Lipinski definition) is 0. The molecule has 1 aromatic carbocycles. The topological polar surface area (TPSA) is 61.8 Å². The van der Waals surface area contributed by atoms with Crippen LogP contribution in [-0.2, 0) is 9.53 Å². The van der Waals surface area contributed by atoms with E-state index in [1.807, 2.05) is 6.92 Å². The van der Waals surface area contributed by atoms with Gasteiger partial charge in [0.2, 0.25) is 0 Å². The smallest absolute Gasteiger partial charge is 0.379 e. The van der Waals surface area contributed by atoms with Crippen molar-refractivity contribution in [2.75, 3.05) is 20.3 Å². The van der Waals surface area contributed by atoms with Gasteiger partial charge in [0.1, 0.15) is 11.5 Å². The van der Waals surface area contributed by atoms with E-state index in [0.29, 0.717) is 18.1 Å². The molecule has 0 radical (unpaired) electrons. The van der Waals surface area contributed by atoms with Crippen LogP contribution in [0.2, 0.25) is 0 Å². The maximum atomic E-state index is 11.9. The molecular formula is C14H18O5. The molecule has 5 nitrogen and oxygen atoms in total. The Balaban J connectivity index is 3.01. The summed E-state index contributed by atoms with van der Waals surface area (Å²) in [6, 6.07) is 4.78. The quantitative estimate of drug-likeness (QED) is 0.430. The molecule has 19 heavy (non-hydrogen) atoms. The predicted molar refractivity (Wildman–Crippen MR) is 69.7 cm³/mol. The molecule has 0 saturated carbocycles. The fraction of sp³-hybridized carbons (Fsp3) is 0.429. The molecule has 0 amide bonds. The molecule has 0 bridgehead atoms. The van der Waals surface area contributed by atoms with Crippen LogP contribution >= 0.6 is 0 Å². The number of hydrogen-bond acceptors (Lipinski definition) is 5. The van der Waals surface area contributed by atoms with Gasteiger partial charge in [0.05, 0.1) is 25.9 Å². The number of carbonyl (C=O) groups excluding carboxylic acids is 2. The highest BCUT2D eigenvalue weighted by molar-refractivity contribution is 6.41. The van der Waals surface area contributed by atoms with Gasteiger partial charge in [-0.1, -0.05) is 6.92 Å². The van der Waals surface area contributed by atoms with Crippen LogP contribution in [0.15, 0.2) is 18.2 Å². The molecule has 0 N–H and O–H groups in total. The van der Waals surface area contributed by atoms with E-state index in [2.05, 4.69) is 0 Å². The second-order valence-electron chi connectivity index (χ2n) is 3.76. The molecule has 0 spiro atoms. The van der Waals surface area contributed by atoms with Crippen molar-refractivity contribution in [1.82, 2.24) is 0 Å². The molecule has 1 rings (SSSR count). The Labute approximate surface area is 112 Å². The summed E-state index contributed by atoms with van der Waals surface area (Å²) in [5, 5.41) is 0. The van der Waals surface area contributed by atoms with E-state index >= 15 is 0 Å². The first kappa shape index (κ1) is 15.0. The third-order valence-corrected chi connectivity index (χ3v) is 2.35. The summed E-state index contributed by atoms with van der Waals surface area (Å²) in [5.74, 6) is -0.786. The minimum atomic E-state index is -0.895. The maximum Gasteiger partial charge on any atom is 0.379 e. The second-order valence-corrected chi connectivity index (χ2v) is 3.76. The lowest BCUT2D eigenvalue weighted by molar-refractivity contribution is -0.137. The number of ether oxygens (including phenoxy) is 3. The van der Waals surface area contributed by atoms with Crippen LogP contribution in [0.3, 0.4) is 0 Å². The first-order chi connectivity index (χ1) is 9.13. The molecule has 1 aromatic rings. The zero-order chi connectivity index (χ0) is 14.3. The number of esters is 1. The van der Waals surface area contributed by atoms with Gasteiger partial charge in [-0.2, -0.15) is 0 Å². The van der Waals surface area contributed by atoms with Gasteiger partial charge in [0.15, 0.2) is 0 Å². The average molecular weight is 266 g/mol. The van der Waals surface area contributed by atoms with Crippen LogP contribution in [0.5, 0.6) is 11.5 Å². The van der Waals surface area contributed by atoms with E-state index in [4.69, 9.17) is 14.2 Å². The minimum Gasteiger partial charge on any atom is -0.496 e. The van der Waals surface area contributed by atoms with Crippen molar-refractivity contribution in [1.29, 1.82) is 0 Å². The molecule has 5 heteroatoms. The van der Waals surface area contributed by atoms with Gasteiger partial charge in [-0.25, -0.2) is 4.79 Å². The molecule has 0 aromatic heterocycles. The summed E-state index contributed by atoms with van der Waals surface area (Å²) in [6.45, 7) is 4.32. The zero-order valence-corrected chi connectivity index (χ0v) is 11.4. The number of benzene rings is 1. The van der Waals surface area contributed by atoms with Crippen molar-refractivity contribution in [3.8, 4) is 11.5 Å². The summed E-state index contributed by atoms with van der Waals surface area (Å²) >= 11 is 0. The lowest BCUT2D eigenvalue weighted by Gasteiger charge is -2.10. The molecule has 0 heterocycles. The lowest BCUT2D eigenvalue weighted by Crippen LogP contribution is -2.18. The average Bonchev–Trinajstić information content (AvgIpc) is 2.44. The number of methoxy groups -OCH3 is 1. The first-order valence-electron chi connectivity index (χ1n) is 6.16. The molecule has 0 saturated heterocycles. The van der Waals surface area contributed by atoms with Gasteiger partial charge in [-0.05, 0) is 31.5 Å². The molecule has 0 fully saturated rings. The summed E-state index contributed by atoms with van der Waals surface area (Å²) < 4.78 is 15.2. The third kappa shape index (κ3) is 3.98. The molecule has 0 aliphatic heterocycles.